The second kappa shape index (κ2) is 5.71. The third-order valence-electron chi connectivity index (χ3n) is 4.49. The average molecular weight is 328 g/mol. The van der Waals surface area contributed by atoms with Crippen LogP contribution in [0.25, 0.3) is 12.2 Å². The molecule has 0 fully saturated rings. The fraction of sp³-hybridized carbons (Fsp3) is 0.0909. The first-order valence-electron chi connectivity index (χ1n) is 8.22. The Morgan fingerprint density at radius 2 is 1.64 bits per heavy atom. The van der Waals surface area contributed by atoms with E-state index in [1.54, 1.807) is 0 Å². The van der Waals surface area contributed by atoms with Crippen LogP contribution in [-0.4, -0.2) is 14.1 Å². The van der Waals surface area contributed by atoms with Gasteiger partial charge >= 0.3 is 0 Å². The summed E-state index contributed by atoms with van der Waals surface area (Å²) in [5.74, 6) is 1.69. The van der Waals surface area contributed by atoms with Gasteiger partial charge in [0.05, 0.1) is 0 Å². The lowest BCUT2D eigenvalue weighted by Crippen LogP contribution is -2.20. The first-order chi connectivity index (χ1) is 12.0. The summed E-state index contributed by atoms with van der Waals surface area (Å²) in [6.45, 7) is 4.03. The molecule has 0 bridgehead atoms. The smallest absolute Gasteiger partial charge is 0.137 e. The van der Waals surface area contributed by atoms with E-state index in [9.17, 15) is 0 Å². The molecule has 0 saturated heterocycles. The van der Waals surface area contributed by atoms with Crippen molar-refractivity contribution >= 4 is 23.5 Å². The fourth-order valence-corrected chi connectivity index (χ4v) is 3.16. The van der Waals surface area contributed by atoms with Gasteiger partial charge in [-0.1, -0.05) is 30.8 Å². The Morgan fingerprint density at radius 1 is 0.880 bits per heavy atom. The van der Waals surface area contributed by atoms with Crippen molar-refractivity contribution in [2.75, 3.05) is 24.7 Å². The maximum absolute atomic E-state index is 6.21. The number of anilines is 2. The Balaban J connectivity index is 2.05. The van der Waals surface area contributed by atoms with Crippen LogP contribution < -0.4 is 25.8 Å². The largest absolute Gasteiger partial charge is 0.456 e. The lowest BCUT2D eigenvalue weighted by molar-refractivity contribution is 0.472. The van der Waals surface area contributed by atoms with E-state index in [0.29, 0.717) is 0 Å². The zero-order valence-electron chi connectivity index (χ0n) is 14.4. The SMILES string of the molecule is C=c1ccc2c(c1)Oc1cc(N(C)C)ccc1C=2c1ccc(N)cc1. The highest BCUT2D eigenvalue weighted by Gasteiger charge is 2.20. The molecule has 25 heavy (non-hydrogen) atoms. The number of fused-ring (bicyclic) bond motifs is 2. The van der Waals surface area contributed by atoms with Crippen LogP contribution in [0.3, 0.4) is 0 Å². The molecule has 0 spiro atoms. The van der Waals surface area contributed by atoms with Gasteiger partial charge < -0.3 is 15.4 Å². The number of ether oxygens (including phenoxy) is 1. The van der Waals surface area contributed by atoms with Crippen LogP contribution in [0, 0.1) is 0 Å². The van der Waals surface area contributed by atoms with Gasteiger partial charge in [-0.2, -0.15) is 0 Å². The van der Waals surface area contributed by atoms with Crippen molar-refractivity contribution in [2.45, 2.75) is 0 Å². The standard InChI is InChI=1S/C22H20N2O/c1-14-4-10-18-20(12-14)25-21-13-17(24(2)3)9-11-19(21)22(18)15-5-7-16(23)8-6-15/h4-13H,1,23H2,2-3H3. The third-order valence-corrected chi connectivity index (χ3v) is 4.49. The molecule has 1 aliphatic rings. The highest BCUT2D eigenvalue weighted by molar-refractivity contribution is 5.86. The zero-order valence-corrected chi connectivity index (χ0v) is 14.4. The van der Waals surface area contributed by atoms with Crippen LogP contribution in [0.15, 0.2) is 60.7 Å². The van der Waals surface area contributed by atoms with Crippen LogP contribution >= 0.6 is 0 Å². The molecule has 0 aliphatic carbocycles. The Kier molecular flexibility index (Phi) is 3.50. The molecule has 3 aromatic carbocycles. The van der Waals surface area contributed by atoms with Crippen molar-refractivity contribution in [3.63, 3.8) is 0 Å². The van der Waals surface area contributed by atoms with Gasteiger partial charge in [0.1, 0.15) is 11.5 Å². The predicted molar refractivity (Wildman–Crippen MR) is 105 cm³/mol. The first kappa shape index (κ1) is 15.3. The van der Waals surface area contributed by atoms with Crippen molar-refractivity contribution in [1.82, 2.24) is 0 Å². The number of nitrogens with zero attached hydrogens (tertiary/aromatic N) is 1. The Hall–Kier alpha value is -3.20. The lowest BCUT2D eigenvalue weighted by Gasteiger charge is -2.23. The van der Waals surface area contributed by atoms with Gasteiger partial charge in [0.2, 0.25) is 0 Å². The molecule has 0 saturated carbocycles. The van der Waals surface area contributed by atoms with Crippen LogP contribution in [0.5, 0.6) is 11.5 Å². The van der Waals surface area contributed by atoms with Gasteiger partial charge in [0, 0.05) is 47.9 Å². The number of hydrogen-bond acceptors (Lipinski definition) is 3. The van der Waals surface area contributed by atoms with E-state index in [4.69, 9.17) is 10.5 Å². The average Bonchev–Trinajstić information content (AvgIpc) is 2.60. The summed E-state index contributed by atoms with van der Waals surface area (Å²) in [7, 11) is 4.05. The molecule has 124 valence electrons. The van der Waals surface area contributed by atoms with Crippen LogP contribution in [0.1, 0.15) is 11.1 Å². The molecular formula is C22H20N2O. The number of rotatable bonds is 2. The van der Waals surface area contributed by atoms with Crippen LogP contribution in [0.4, 0.5) is 11.4 Å². The van der Waals surface area contributed by atoms with Gasteiger partial charge in [-0.05, 0) is 41.1 Å². The first-order valence-corrected chi connectivity index (χ1v) is 8.22. The molecule has 0 aromatic heterocycles. The van der Waals surface area contributed by atoms with E-state index in [0.717, 1.165) is 50.0 Å². The van der Waals surface area contributed by atoms with Gasteiger partial charge in [0.15, 0.2) is 0 Å². The summed E-state index contributed by atoms with van der Waals surface area (Å²) in [6, 6.07) is 20.4. The maximum atomic E-state index is 6.21. The van der Waals surface area contributed by atoms with Crippen LogP contribution in [-0.2, 0) is 0 Å². The molecule has 2 N–H and O–H groups in total. The molecule has 3 heteroatoms. The molecule has 3 nitrogen and oxygen atoms in total. The predicted octanol–water partition coefficient (Wildman–Crippen LogP) is 3.10. The molecule has 0 radical (unpaired) electrons. The summed E-state index contributed by atoms with van der Waals surface area (Å²) in [5, 5.41) is 2.00. The van der Waals surface area contributed by atoms with Crippen LogP contribution in [0.2, 0.25) is 0 Å². The van der Waals surface area contributed by atoms with E-state index in [1.165, 1.54) is 0 Å². The normalized spacial score (nSPS) is 12.2. The van der Waals surface area contributed by atoms with Gasteiger partial charge in [0.25, 0.3) is 0 Å². The highest BCUT2D eigenvalue weighted by atomic mass is 16.5. The van der Waals surface area contributed by atoms with E-state index in [1.807, 2.05) is 38.4 Å². The fourth-order valence-electron chi connectivity index (χ4n) is 3.16. The van der Waals surface area contributed by atoms with Crippen molar-refractivity contribution in [3.8, 4) is 11.5 Å². The highest BCUT2D eigenvalue weighted by Crippen LogP contribution is 2.38. The number of nitrogen functional groups attached to an aromatic ring is 1. The number of benzene rings is 3. The molecule has 1 heterocycles. The van der Waals surface area contributed by atoms with Crippen molar-refractivity contribution in [2.24, 2.45) is 0 Å². The van der Waals surface area contributed by atoms with E-state index >= 15 is 0 Å². The zero-order chi connectivity index (χ0) is 17.6. The second-order valence-corrected chi connectivity index (χ2v) is 6.50. The molecule has 0 unspecified atom stereocenters. The van der Waals surface area contributed by atoms with E-state index in [-0.39, 0.29) is 0 Å². The molecule has 1 aliphatic heterocycles. The quantitative estimate of drug-likeness (QED) is 0.575. The molecule has 4 rings (SSSR count). The van der Waals surface area contributed by atoms with Gasteiger partial charge in [-0.3, -0.25) is 0 Å². The molecule has 0 amide bonds. The summed E-state index contributed by atoms with van der Waals surface area (Å²) >= 11 is 0. The maximum Gasteiger partial charge on any atom is 0.137 e. The van der Waals surface area contributed by atoms with Crippen molar-refractivity contribution < 1.29 is 4.74 Å². The number of nitrogens with two attached hydrogens (primary N) is 1. The summed E-state index contributed by atoms with van der Waals surface area (Å²) < 4.78 is 6.21. The minimum Gasteiger partial charge on any atom is -0.456 e. The second-order valence-electron chi connectivity index (χ2n) is 6.50. The summed E-state index contributed by atoms with van der Waals surface area (Å²) in [4.78, 5) is 2.07. The van der Waals surface area contributed by atoms with Gasteiger partial charge in [-0.15, -0.1) is 0 Å². The van der Waals surface area contributed by atoms with Crippen molar-refractivity contribution in [3.05, 3.63) is 82.2 Å². The minimum atomic E-state index is 0.757. The summed E-state index contributed by atoms with van der Waals surface area (Å²) in [5.41, 5.74) is 11.1. The monoisotopic (exact) mass is 328 g/mol. The van der Waals surface area contributed by atoms with E-state index < -0.39 is 0 Å². The number of hydrogen-bond donors (Lipinski definition) is 1. The van der Waals surface area contributed by atoms with Crippen molar-refractivity contribution in [1.29, 1.82) is 0 Å². The van der Waals surface area contributed by atoms with Gasteiger partial charge in [-0.25, -0.2) is 0 Å². The molecular weight excluding hydrogens is 308 g/mol. The molecule has 3 aromatic rings. The topological polar surface area (TPSA) is 38.5 Å². The summed E-state index contributed by atoms with van der Waals surface area (Å²) in [6.07, 6.45) is 0. The Labute approximate surface area is 147 Å². The Morgan fingerprint density at radius 3 is 2.36 bits per heavy atom. The van der Waals surface area contributed by atoms with E-state index in [2.05, 4.69) is 47.9 Å². The molecule has 0 atom stereocenters. The Bertz CT molecular complexity index is 1070. The lowest BCUT2D eigenvalue weighted by atomic mass is 9.92. The third kappa shape index (κ3) is 2.64. The minimum absolute atomic E-state index is 0.757.